The van der Waals surface area contributed by atoms with E-state index in [9.17, 15) is 0 Å². The summed E-state index contributed by atoms with van der Waals surface area (Å²) in [7, 11) is 2.26. The van der Waals surface area contributed by atoms with Crippen LogP contribution in [0.2, 0.25) is 12.6 Å². The zero-order chi connectivity index (χ0) is 9.40. The minimum atomic E-state index is 0.344. The van der Waals surface area contributed by atoms with Gasteiger partial charge in [-0.2, -0.15) is 0 Å². The van der Waals surface area contributed by atoms with Gasteiger partial charge in [0.05, 0.1) is 0 Å². The molecule has 71 valence electrons. The lowest BCUT2D eigenvalue weighted by atomic mass is 9.66. The van der Waals surface area contributed by atoms with Crippen LogP contribution in [0, 0.1) is 5.92 Å². The Hall–Kier alpha value is 0.0249. The molecule has 0 spiro atoms. The smallest absolute Gasteiger partial charge is 0.109 e. The van der Waals surface area contributed by atoms with Gasteiger partial charge in [0.15, 0.2) is 0 Å². The molecule has 0 saturated heterocycles. The Bertz CT molecular complexity index is 95.8. The summed E-state index contributed by atoms with van der Waals surface area (Å²) in [5, 5.41) is 8.69. The van der Waals surface area contributed by atoms with Crippen molar-refractivity contribution in [1.29, 1.82) is 0 Å². The SMILES string of the molecule is C[B]C(C)CCCC(C)CCO. The molecule has 1 nitrogen and oxygen atoms in total. The van der Waals surface area contributed by atoms with Gasteiger partial charge in [-0.05, 0) is 12.3 Å². The van der Waals surface area contributed by atoms with Crippen molar-refractivity contribution < 1.29 is 5.11 Å². The summed E-state index contributed by atoms with van der Waals surface area (Å²) in [6.07, 6.45) is 4.82. The molecular weight excluding hydrogens is 147 g/mol. The molecule has 2 unspecified atom stereocenters. The summed E-state index contributed by atoms with van der Waals surface area (Å²) in [4.78, 5) is 0. The van der Waals surface area contributed by atoms with Crippen LogP contribution >= 0.6 is 0 Å². The van der Waals surface area contributed by atoms with E-state index in [1.54, 1.807) is 0 Å². The van der Waals surface area contributed by atoms with Crippen LogP contribution in [0.15, 0.2) is 0 Å². The van der Waals surface area contributed by atoms with Crippen LogP contribution in [0.25, 0.3) is 0 Å². The van der Waals surface area contributed by atoms with E-state index in [4.69, 9.17) is 5.11 Å². The van der Waals surface area contributed by atoms with Crippen LogP contribution in [0.5, 0.6) is 0 Å². The van der Waals surface area contributed by atoms with Gasteiger partial charge in [0.25, 0.3) is 0 Å². The highest BCUT2D eigenvalue weighted by Crippen LogP contribution is 2.17. The van der Waals surface area contributed by atoms with Gasteiger partial charge >= 0.3 is 0 Å². The van der Waals surface area contributed by atoms with E-state index in [1.165, 1.54) is 19.3 Å². The average molecular weight is 169 g/mol. The maximum absolute atomic E-state index is 8.69. The molecule has 0 amide bonds. The lowest BCUT2D eigenvalue weighted by Gasteiger charge is -2.11. The van der Waals surface area contributed by atoms with Crippen LogP contribution in [-0.2, 0) is 0 Å². The fraction of sp³-hybridized carbons (Fsp3) is 1.00. The maximum Gasteiger partial charge on any atom is 0.109 e. The Kier molecular flexibility index (Phi) is 7.68. The molecule has 0 rings (SSSR count). The summed E-state index contributed by atoms with van der Waals surface area (Å²) in [5.41, 5.74) is 0. The van der Waals surface area contributed by atoms with Gasteiger partial charge in [0.2, 0.25) is 0 Å². The molecule has 1 radical (unpaired) electrons. The van der Waals surface area contributed by atoms with Crippen LogP contribution < -0.4 is 0 Å². The zero-order valence-electron chi connectivity index (χ0n) is 8.71. The van der Waals surface area contributed by atoms with Crippen molar-refractivity contribution in [3.05, 3.63) is 0 Å². The van der Waals surface area contributed by atoms with Crippen molar-refractivity contribution in [2.24, 2.45) is 5.92 Å². The summed E-state index contributed by atoms with van der Waals surface area (Å²) in [6.45, 7) is 6.95. The molecule has 2 heteroatoms. The molecule has 12 heavy (non-hydrogen) atoms. The molecule has 2 atom stereocenters. The minimum absolute atomic E-state index is 0.344. The molecule has 0 aliphatic rings. The molecule has 0 aromatic rings. The zero-order valence-corrected chi connectivity index (χ0v) is 8.71. The van der Waals surface area contributed by atoms with E-state index in [0.717, 1.165) is 12.2 Å². The molecule has 0 fully saturated rings. The Morgan fingerprint density at radius 2 is 1.83 bits per heavy atom. The van der Waals surface area contributed by atoms with Crippen LogP contribution in [0.1, 0.15) is 39.5 Å². The maximum atomic E-state index is 8.69. The third-order valence-electron chi connectivity index (χ3n) is 2.55. The molecular formula is C10H22BO. The number of aliphatic hydroxyl groups is 1. The van der Waals surface area contributed by atoms with Gasteiger partial charge in [0, 0.05) is 6.61 Å². The number of hydrogen-bond acceptors (Lipinski definition) is 1. The first-order valence-electron chi connectivity index (χ1n) is 5.11. The summed E-state index contributed by atoms with van der Waals surface area (Å²) < 4.78 is 0. The molecule has 0 aromatic carbocycles. The largest absolute Gasteiger partial charge is 0.396 e. The third-order valence-corrected chi connectivity index (χ3v) is 2.55. The molecule has 1 N–H and O–H groups in total. The fourth-order valence-electron chi connectivity index (χ4n) is 1.32. The standard InChI is InChI=1S/C10H22BO/c1-9(7-8-12)5-4-6-10(2)11-3/h9-10,12H,4-8H2,1-3H3. The first-order valence-corrected chi connectivity index (χ1v) is 5.11. The second-order valence-electron chi connectivity index (χ2n) is 3.86. The van der Waals surface area contributed by atoms with E-state index in [0.29, 0.717) is 12.5 Å². The van der Waals surface area contributed by atoms with Crippen LogP contribution in [-0.4, -0.2) is 19.0 Å². The van der Waals surface area contributed by atoms with Crippen molar-refractivity contribution in [2.75, 3.05) is 6.61 Å². The predicted molar refractivity (Wildman–Crippen MR) is 55.8 cm³/mol. The molecule has 0 aliphatic heterocycles. The first kappa shape index (κ1) is 12.0. The van der Waals surface area contributed by atoms with Crippen molar-refractivity contribution in [3.63, 3.8) is 0 Å². The Morgan fingerprint density at radius 1 is 1.17 bits per heavy atom. The van der Waals surface area contributed by atoms with Gasteiger partial charge in [-0.25, -0.2) is 0 Å². The monoisotopic (exact) mass is 169 g/mol. The number of rotatable bonds is 7. The molecule has 0 saturated carbocycles. The quantitative estimate of drug-likeness (QED) is 0.581. The highest BCUT2D eigenvalue weighted by atomic mass is 16.2. The molecule has 0 bridgehead atoms. The molecule has 0 aromatic heterocycles. The molecule has 0 aliphatic carbocycles. The van der Waals surface area contributed by atoms with Crippen molar-refractivity contribution in [3.8, 4) is 0 Å². The van der Waals surface area contributed by atoms with E-state index in [2.05, 4.69) is 28.0 Å². The highest BCUT2D eigenvalue weighted by Gasteiger charge is 2.03. The Balaban J connectivity index is 3.18. The van der Waals surface area contributed by atoms with Gasteiger partial charge in [-0.3, -0.25) is 0 Å². The summed E-state index contributed by atoms with van der Waals surface area (Å²) >= 11 is 0. The number of aliphatic hydroxyl groups excluding tert-OH is 1. The third kappa shape index (κ3) is 6.72. The molecule has 0 heterocycles. The van der Waals surface area contributed by atoms with Crippen molar-refractivity contribution >= 4 is 7.28 Å². The van der Waals surface area contributed by atoms with E-state index in [1.807, 2.05) is 0 Å². The van der Waals surface area contributed by atoms with Gasteiger partial charge in [0.1, 0.15) is 7.28 Å². The summed E-state index contributed by atoms with van der Waals surface area (Å²) in [6, 6.07) is 0. The fourth-order valence-corrected chi connectivity index (χ4v) is 1.32. The van der Waals surface area contributed by atoms with E-state index < -0.39 is 0 Å². The average Bonchev–Trinajstić information content (AvgIpc) is 2.04. The highest BCUT2D eigenvalue weighted by molar-refractivity contribution is 6.35. The topological polar surface area (TPSA) is 20.2 Å². The summed E-state index contributed by atoms with van der Waals surface area (Å²) in [5.74, 6) is 1.45. The van der Waals surface area contributed by atoms with Gasteiger partial charge < -0.3 is 5.11 Å². The lowest BCUT2D eigenvalue weighted by molar-refractivity contribution is 0.256. The van der Waals surface area contributed by atoms with Crippen LogP contribution in [0.3, 0.4) is 0 Å². The first-order chi connectivity index (χ1) is 5.70. The Labute approximate surface area is 77.8 Å². The lowest BCUT2D eigenvalue weighted by Crippen LogP contribution is -2.00. The second kappa shape index (κ2) is 7.66. The minimum Gasteiger partial charge on any atom is -0.396 e. The Morgan fingerprint density at radius 3 is 2.33 bits per heavy atom. The van der Waals surface area contributed by atoms with Gasteiger partial charge in [-0.1, -0.05) is 45.8 Å². The number of hydrogen-bond donors (Lipinski definition) is 1. The predicted octanol–water partition coefficient (Wildman–Crippen LogP) is 2.74. The normalized spacial score (nSPS) is 15.7. The van der Waals surface area contributed by atoms with Crippen LogP contribution in [0.4, 0.5) is 0 Å². The van der Waals surface area contributed by atoms with Crippen molar-refractivity contribution in [2.45, 2.75) is 52.2 Å². The van der Waals surface area contributed by atoms with Gasteiger partial charge in [-0.15, -0.1) is 0 Å². The van der Waals surface area contributed by atoms with Crippen molar-refractivity contribution in [1.82, 2.24) is 0 Å². The van der Waals surface area contributed by atoms with E-state index in [-0.39, 0.29) is 0 Å². The second-order valence-corrected chi connectivity index (χ2v) is 3.86. The van der Waals surface area contributed by atoms with E-state index >= 15 is 0 Å².